The number of allylic oxidation sites excluding steroid dienone is 1. The Bertz CT molecular complexity index is 1050. The fourth-order valence-corrected chi connectivity index (χ4v) is 3.51. The number of anilines is 1. The molecule has 0 radical (unpaired) electrons. The van der Waals surface area contributed by atoms with Gasteiger partial charge in [0.2, 0.25) is 0 Å². The lowest BCUT2D eigenvalue weighted by molar-refractivity contribution is 0.0155. The Morgan fingerprint density at radius 1 is 1.17 bits per heavy atom. The standard InChI is InChI=1S/C22H20N4O4/c27-21(20-2-1-9-29-20)25-13-19(14-25)30-18-5-3-17(4-6-18)24-22(28)26-11-15-7-8-23-10-16(15)12-26/h1-11,19,23H,12-14H2,(H,24,28). The zero-order valence-corrected chi connectivity index (χ0v) is 16.1. The summed E-state index contributed by atoms with van der Waals surface area (Å²) in [6.45, 7) is 1.57. The highest BCUT2D eigenvalue weighted by atomic mass is 16.5. The first-order valence-corrected chi connectivity index (χ1v) is 9.67. The fourth-order valence-electron chi connectivity index (χ4n) is 3.51. The van der Waals surface area contributed by atoms with Crippen LogP contribution in [0.25, 0.3) is 0 Å². The van der Waals surface area contributed by atoms with E-state index in [0.717, 1.165) is 11.1 Å². The Morgan fingerprint density at radius 2 is 2.00 bits per heavy atom. The van der Waals surface area contributed by atoms with Crippen molar-refractivity contribution in [3.63, 3.8) is 0 Å². The van der Waals surface area contributed by atoms with Gasteiger partial charge in [0, 0.05) is 24.3 Å². The maximum Gasteiger partial charge on any atom is 0.326 e. The van der Waals surface area contributed by atoms with Crippen molar-refractivity contribution in [1.29, 1.82) is 0 Å². The van der Waals surface area contributed by atoms with Crippen LogP contribution in [-0.2, 0) is 0 Å². The summed E-state index contributed by atoms with van der Waals surface area (Å²) in [5.74, 6) is 0.903. The number of ether oxygens (including phenoxy) is 1. The summed E-state index contributed by atoms with van der Waals surface area (Å²) in [7, 11) is 0. The predicted octanol–water partition coefficient (Wildman–Crippen LogP) is 2.92. The number of hydrogen-bond donors (Lipinski definition) is 2. The number of likely N-dealkylation sites (tertiary alicyclic amines) is 1. The largest absolute Gasteiger partial charge is 0.487 e. The van der Waals surface area contributed by atoms with Gasteiger partial charge in [0.25, 0.3) is 5.91 Å². The van der Waals surface area contributed by atoms with Crippen LogP contribution in [-0.4, -0.2) is 47.5 Å². The Hall–Kier alpha value is -3.94. The van der Waals surface area contributed by atoms with Gasteiger partial charge in [-0.2, -0.15) is 0 Å². The molecule has 30 heavy (non-hydrogen) atoms. The lowest BCUT2D eigenvalue weighted by Crippen LogP contribution is -2.56. The summed E-state index contributed by atoms with van der Waals surface area (Å²) in [4.78, 5) is 28.0. The number of rotatable bonds is 4. The van der Waals surface area contributed by atoms with Crippen LogP contribution in [0.5, 0.6) is 5.75 Å². The van der Waals surface area contributed by atoms with Crippen LogP contribution in [0, 0.1) is 0 Å². The second-order valence-electron chi connectivity index (χ2n) is 7.26. The molecule has 0 bridgehead atoms. The maximum absolute atomic E-state index is 12.5. The fraction of sp³-hybridized carbons (Fsp3) is 0.182. The second kappa shape index (κ2) is 7.47. The molecule has 0 spiro atoms. The molecule has 8 nitrogen and oxygen atoms in total. The predicted molar refractivity (Wildman–Crippen MR) is 110 cm³/mol. The third kappa shape index (κ3) is 3.55. The SMILES string of the molecule is O=C(Nc1ccc(OC2CN(C(=O)c3ccco3)C2)cc1)N1C=C2C=CNC=C2C1. The average molecular weight is 404 g/mol. The quantitative estimate of drug-likeness (QED) is 0.818. The number of hydrogen-bond acceptors (Lipinski definition) is 5. The first-order valence-electron chi connectivity index (χ1n) is 9.67. The van der Waals surface area contributed by atoms with Crippen molar-refractivity contribution in [2.45, 2.75) is 6.10 Å². The van der Waals surface area contributed by atoms with Crippen molar-refractivity contribution >= 4 is 17.6 Å². The van der Waals surface area contributed by atoms with Crippen LogP contribution in [0.4, 0.5) is 10.5 Å². The van der Waals surface area contributed by atoms with Crippen molar-refractivity contribution in [2.24, 2.45) is 0 Å². The van der Waals surface area contributed by atoms with Gasteiger partial charge in [-0.15, -0.1) is 0 Å². The van der Waals surface area contributed by atoms with Gasteiger partial charge >= 0.3 is 6.03 Å². The third-order valence-corrected chi connectivity index (χ3v) is 5.16. The van der Waals surface area contributed by atoms with Crippen molar-refractivity contribution in [2.75, 3.05) is 25.0 Å². The molecule has 8 heteroatoms. The molecular formula is C22H20N4O4. The smallest absolute Gasteiger partial charge is 0.326 e. The van der Waals surface area contributed by atoms with E-state index in [1.54, 1.807) is 34.1 Å². The van der Waals surface area contributed by atoms with Crippen molar-refractivity contribution < 1.29 is 18.7 Å². The second-order valence-corrected chi connectivity index (χ2v) is 7.26. The molecule has 0 saturated carbocycles. The maximum atomic E-state index is 12.5. The van der Waals surface area contributed by atoms with Gasteiger partial charge in [0.15, 0.2) is 5.76 Å². The molecule has 1 aromatic heterocycles. The first kappa shape index (κ1) is 18.1. The van der Waals surface area contributed by atoms with Crippen molar-refractivity contribution in [3.8, 4) is 5.75 Å². The number of furan rings is 1. The molecule has 4 heterocycles. The number of benzene rings is 1. The molecule has 2 N–H and O–H groups in total. The number of amides is 3. The number of nitrogens with zero attached hydrogens (tertiary/aromatic N) is 2. The molecule has 0 atom stereocenters. The van der Waals surface area contributed by atoms with E-state index >= 15 is 0 Å². The van der Waals surface area contributed by atoms with E-state index in [0.29, 0.717) is 36.8 Å². The Balaban J connectivity index is 1.12. The van der Waals surface area contributed by atoms with Gasteiger partial charge in [-0.05, 0) is 53.6 Å². The highest BCUT2D eigenvalue weighted by molar-refractivity contribution is 5.92. The van der Waals surface area contributed by atoms with Crippen LogP contribution in [0.2, 0.25) is 0 Å². The van der Waals surface area contributed by atoms with Crippen molar-refractivity contribution in [3.05, 3.63) is 84.2 Å². The topological polar surface area (TPSA) is 87.0 Å². The minimum absolute atomic E-state index is 0.0566. The van der Waals surface area contributed by atoms with Gasteiger partial charge in [0.05, 0.1) is 25.9 Å². The molecule has 0 unspecified atom stereocenters. The zero-order chi connectivity index (χ0) is 20.5. The minimum Gasteiger partial charge on any atom is -0.487 e. The number of carbonyl (C=O) groups excluding carboxylic acids is 2. The third-order valence-electron chi connectivity index (χ3n) is 5.16. The normalized spacial score (nSPS) is 17.5. The summed E-state index contributed by atoms with van der Waals surface area (Å²) in [5.41, 5.74) is 2.80. The van der Waals surface area contributed by atoms with Crippen LogP contribution >= 0.6 is 0 Å². The minimum atomic E-state index is -0.189. The molecule has 3 aliphatic rings. The van der Waals surface area contributed by atoms with E-state index in [2.05, 4.69) is 10.6 Å². The van der Waals surface area contributed by atoms with E-state index in [1.165, 1.54) is 6.26 Å². The highest BCUT2D eigenvalue weighted by Gasteiger charge is 2.34. The molecule has 3 amide bonds. The number of carbonyl (C=O) groups is 2. The van der Waals surface area contributed by atoms with Crippen LogP contribution in [0.3, 0.4) is 0 Å². The van der Waals surface area contributed by atoms with E-state index in [-0.39, 0.29) is 18.0 Å². The summed E-state index contributed by atoms with van der Waals surface area (Å²) in [6, 6.07) is 10.4. The Kier molecular flexibility index (Phi) is 4.51. The van der Waals surface area contributed by atoms with Crippen molar-refractivity contribution in [1.82, 2.24) is 15.1 Å². The number of urea groups is 1. The van der Waals surface area contributed by atoms with Crippen LogP contribution in [0.15, 0.2) is 82.9 Å². The molecule has 1 fully saturated rings. The average Bonchev–Trinajstić information content (AvgIpc) is 3.41. The molecule has 152 valence electrons. The number of dihydropyridines is 1. The van der Waals surface area contributed by atoms with E-state index in [4.69, 9.17) is 9.15 Å². The van der Waals surface area contributed by atoms with Crippen LogP contribution < -0.4 is 15.4 Å². The summed E-state index contributed by atoms with van der Waals surface area (Å²) in [6.07, 6.45) is 8.94. The van der Waals surface area contributed by atoms with Gasteiger partial charge in [-0.1, -0.05) is 0 Å². The zero-order valence-electron chi connectivity index (χ0n) is 16.1. The summed E-state index contributed by atoms with van der Waals surface area (Å²) >= 11 is 0. The van der Waals surface area contributed by atoms with Gasteiger partial charge < -0.3 is 24.7 Å². The molecule has 0 aliphatic carbocycles. The van der Waals surface area contributed by atoms with Crippen LogP contribution in [0.1, 0.15) is 10.6 Å². The monoisotopic (exact) mass is 404 g/mol. The van der Waals surface area contributed by atoms with Gasteiger partial charge in [0.1, 0.15) is 11.9 Å². The first-order chi connectivity index (χ1) is 14.7. The molecule has 5 rings (SSSR count). The molecule has 3 aliphatic heterocycles. The van der Waals surface area contributed by atoms with E-state index in [1.807, 2.05) is 36.8 Å². The highest BCUT2D eigenvalue weighted by Crippen LogP contribution is 2.25. The molecule has 1 saturated heterocycles. The summed E-state index contributed by atoms with van der Waals surface area (Å²) in [5, 5.41) is 5.92. The Labute approximate surface area is 173 Å². The van der Waals surface area contributed by atoms with E-state index in [9.17, 15) is 9.59 Å². The number of nitrogens with one attached hydrogen (secondary N) is 2. The number of fused-ring (bicyclic) bond motifs is 1. The molecule has 1 aromatic carbocycles. The molecular weight excluding hydrogens is 384 g/mol. The van der Waals surface area contributed by atoms with E-state index < -0.39 is 0 Å². The lowest BCUT2D eigenvalue weighted by atomic mass is 10.1. The lowest BCUT2D eigenvalue weighted by Gasteiger charge is -2.38. The Morgan fingerprint density at radius 3 is 2.73 bits per heavy atom. The van der Waals surface area contributed by atoms with Gasteiger partial charge in [-0.3, -0.25) is 9.69 Å². The molecule has 2 aromatic rings. The van der Waals surface area contributed by atoms with Gasteiger partial charge in [-0.25, -0.2) is 4.79 Å². The summed E-state index contributed by atoms with van der Waals surface area (Å²) < 4.78 is 11.0.